The second kappa shape index (κ2) is 9.79. The molecule has 1 saturated heterocycles. The molecule has 0 unspecified atom stereocenters. The number of amides is 2. The summed E-state index contributed by atoms with van der Waals surface area (Å²) in [6.45, 7) is 1.24. The van der Waals surface area contributed by atoms with E-state index in [2.05, 4.69) is 4.74 Å². The van der Waals surface area contributed by atoms with E-state index in [9.17, 15) is 19.2 Å². The van der Waals surface area contributed by atoms with E-state index in [1.54, 1.807) is 25.1 Å². The SMILES string of the molecule is CCOC(=O)COc1ccc(/C=C2/SC(=O)N(CC(=O)OC)C2=O)cc1OC. The number of thioether (sulfide) groups is 1. The summed E-state index contributed by atoms with van der Waals surface area (Å²) < 4.78 is 19.9. The second-order valence-corrected chi connectivity index (χ2v) is 6.34. The van der Waals surface area contributed by atoms with E-state index < -0.39 is 29.6 Å². The van der Waals surface area contributed by atoms with Crippen LogP contribution in [-0.2, 0) is 23.9 Å². The Kier molecular flexibility index (Phi) is 7.44. The maximum Gasteiger partial charge on any atom is 0.344 e. The molecule has 0 bridgehead atoms. The first-order valence-corrected chi connectivity index (χ1v) is 8.99. The lowest BCUT2D eigenvalue weighted by Gasteiger charge is -2.11. The third-order valence-electron chi connectivity index (χ3n) is 3.52. The highest BCUT2D eigenvalue weighted by Crippen LogP contribution is 2.34. The first-order valence-electron chi connectivity index (χ1n) is 8.18. The molecule has 0 atom stereocenters. The molecule has 1 aliphatic heterocycles. The van der Waals surface area contributed by atoms with Gasteiger partial charge < -0.3 is 18.9 Å². The minimum absolute atomic E-state index is 0.163. The summed E-state index contributed by atoms with van der Waals surface area (Å²) in [5, 5.41) is -0.553. The van der Waals surface area contributed by atoms with Crippen molar-refractivity contribution in [3.8, 4) is 11.5 Å². The number of hydrogen-bond acceptors (Lipinski definition) is 9. The quantitative estimate of drug-likeness (QED) is 0.469. The van der Waals surface area contributed by atoms with Gasteiger partial charge in [-0.25, -0.2) is 4.79 Å². The molecule has 0 saturated carbocycles. The molecular formula is C18H19NO8S. The molecule has 0 spiro atoms. The smallest absolute Gasteiger partial charge is 0.344 e. The highest BCUT2D eigenvalue weighted by molar-refractivity contribution is 8.18. The van der Waals surface area contributed by atoms with E-state index in [0.717, 1.165) is 16.7 Å². The van der Waals surface area contributed by atoms with Gasteiger partial charge in [0, 0.05) is 0 Å². The lowest BCUT2D eigenvalue weighted by atomic mass is 10.2. The molecule has 1 fully saturated rings. The Morgan fingerprint density at radius 2 is 1.89 bits per heavy atom. The van der Waals surface area contributed by atoms with Crippen LogP contribution in [-0.4, -0.2) is 62.0 Å². The average Bonchev–Trinajstić information content (AvgIpc) is 2.94. The molecule has 1 aliphatic rings. The van der Waals surface area contributed by atoms with Crippen LogP contribution in [0.5, 0.6) is 11.5 Å². The Morgan fingerprint density at radius 1 is 1.14 bits per heavy atom. The second-order valence-electron chi connectivity index (χ2n) is 5.35. The van der Waals surface area contributed by atoms with Crippen molar-refractivity contribution in [3.63, 3.8) is 0 Å². The first kappa shape index (κ1) is 21.3. The molecule has 0 N–H and O–H groups in total. The van der Waals surface area contributed by atoms with Gasteiger partial charge in [0.05, 0.1) is 25.7 Å². The predicted molar refractivity (Wildman–Crippen MR) is 99.8 cm³/mol. The van der Waals surface area contributed by atoms with Gasteiger partial charge in [-0.15, -0.1) is 0 Å². The summed E-state index contributed by atoms with van der Waals surface area (Å²) >= 11 is 0.724. The highest BCUT2D eigenvalue weighted by atomic mass is 32.2. The topological polar surface area (TPSA) is 108 Å². The molecule has 0 aromatic heterocycles. The summed E-state index contributed by atoms with van der Waals surface area (Å²) in [4.78, 5) is 48.0. The van der Waals surface area contributed by atoms with Crippen molar-refractivity contribution in [3.05, 3.63) is 28.7 Å². The van der Waals surface area contributed by atoms with Crippen molar-refractivity contribution < 1.29 is 38.1 Å². The Labute approximate surface area is 165 Å². The van der Waals surface area contributed by atoms with Gasteiger partial charge in [0.1, 0.15) is 6.54 Å². The standard InChI is InChI=1S/C18H19NO8S/c1-4-26-16(21)10-27-12-6-5-11(7-13(12)24-2)8-14-17(22)19(18(23)28-14)9-15(20)25-3/h5-8H,4,9-10H2,1-3H3/b14-8+. The van der Waals surface area contributed by atoms with Gasteiger partial charge in [0.25, 0.3) is 11.1 Å². The zero-order valence-corrected chi connectivity index (χ0v) is 16.4. The minimum atomic E-state index is -0.687. The molecule has 10 heteroatoms. The van der Waals surface area contributed by atoms with E-state index in [1.807, 2.05) is 0 Å². The fraction of sp³-hybridized carbons (Fsp3) is 0.333. The van der Waals surface area contributed by atoms with Crippen molar-refractivity contribution in [2.24, 2.45) is 0 Å². The van der Waals surface area contributed by atoms with Crippen LogP contribution < -0.4 is 9.47 Å². The third-order valence-corrected chi connectivity index (χ3v) is 4.43. The molecule has 1 aromatic carbocycles. The molecule has 0 radical (unpaired) electrons. The Balaban J connectivity index is 2.15. The zero-order chi connectivity index (χ0) is 20.7. The monoisotopic (exact) mass is 409 g/mol. The van der Waals surface area contributed by atoms with Gasteiger partial charge in [-0.05, 0) is 42.5 Å². The summed E-state index contributed by atoms with van der Waals surface area (Å²) in [5.41, 5.74) is 0.573. The van der Waals surface area contributed by atoms with Crippen molar-refractivity contribution in [2.75, 3.05) is 34.0 Å². The summed E-state index contributed by atoms with van der Waals surface area (Å²) in [5.74, 6) is -1.11. The van der Waals surface area contributed by atoms with Crippen LogP contribution in [0.1, 0.15) is 12.5 Å². The van der Waals surface area contributed by atoms with Crippen LogP contribution in [0.25, 0.3) is 6.08 Å². The van der Waals surface area contributed by atoms with Gasteiger partial charge in [-0.3, -0.25) is 19.3 Å². The van der Waals surface area contributed by atoms with Gasteiger partial charge in [0.2, 0.25) is 0 Å². The molecule has 0 aliphatic carbocycles. The summed E-state index contributed by atoms with van der Waals surface area (Å²) in [7, 11) is 2.61. The number of rotatable bonds is 8. The van der Waals surface area contributed by atoms with E-state index in [1.165, 1.54) is 20.3 Å². The maximum atomic E-state index is 12.3. The number of imide groups is 1. The van der Waals surface area contributed by atoms with Crippen LogP contribution in [0.15, 0.2) is 23.1 Å². The van der Waals surface area contributed by atoms with E-state index in [-0.39, 0.29) is 18.1 Å². The fourth-order valence-corrected chi connectivity index (χ4v) is 3.05. The third kappa shape index (κ3) is 5.26. The number of methoxy groups -OCH3 is 2. The molecular weight excluding hydrogens is 390 g/mol. The van der Waals surface area contributed by atoms with Crippen LogP contribution >= 0.6 is 11.8 Å². The Morgan fingerprint density at radius 3 is 2.54 bits per heavy atom. The van der Waals surface area contributed by atoms with Crippen molar-refractivity contribution in [1.82, 2.24) is 4.90 Å². The fourth-order valence-electron chi connectivity index (χ4n) is 2.21. The average molecular weight is 409 g/mol. The molecule has 28 heavy (non-hydrogen) atoms. The van der Waals surface area contributed by atoms with Crippen molar-refractivity contribution in [2.45, 2.75) is 6.92 Å². The van der Waals surface area contributed by atoms with Crippen molar-refractivity contribution >= 4 is 40.9 Å². The number of hydrogen-bond donors (Lipinski definition) is 0. The maximum absolute atomic E-state index is 12.3. The summed E-state index contributed by atoms with van der Waals surface area (Å²) in [6.07, 6.45) is 1.50. The largest absolute Gasteiger partial charge is 0.493 e. The van der Waals surface area contributed by atoms with Crippen molar-refractivity contribution in [1.29, 1.82) is 0 Å². The van der Waals surface area contributed by atoms with Crippen LogP contribution in [0.3, 0.4) is 0 Å². The zero-order valence-electron chi connectivity index (χ0n) is 15.6. The molecule has 1 aromatic rings. The van der Waals surface area contributed by atoms with E-state index in [0.29, 0.717) is 17.1 Å². The van der Waals surface area contributed by atoms with Gasteiger partial charge in [0.15, 0.2) is 18.1 Å². The van der Waals surface area contributed by atoms with Crippen LogP contribution in [0.2, 0.25) is 0 Å². The number of benzene rings is 1. The molecule has 9 nitrogen and oxygen atoms in total. The number of nitrogens with zero attached hydrogens (tertiary/aromatic N) is 1. The van der Waals surface area contributed by atoms with Gasteiger partial charge in [-0.1, -0.05) is 6.07 Å². The number of esters is 2. The Hall–Kier alpha value is -3.01. The van der Waals surface area contributed by atoms with Gasteiger partial charge >= 0.3 is 11.9 Å². The van der Waals surface area contributed by atoms with Crippen LogP contribution in [0.4, 0.5) is 4.79 Å². The lowest BCUT2D eigenvalue weighted by molar-refractivity contribution is -0.145. The Bertz CT molecular complexity index is 820. The number of ether oxygens (including phenoxy) is 4. The van der Waals surface area contributed by atoms with Gasteiger partial charge in [-0.2, -0.15) is 0 Å². The highest BCUT2D eigenvalue weighted by Gasteiger charge is 2.36. The first-order chi connectivity index (χ1) is 13.4. The summed E-state index contributed by atoms with van der Waals surface area (Å²) in [6, 6.07) is 4.80. The number of carbonyl (C=O) groups excluding carboxylic acids is 4. The molecule has 1 heterocycles. The van der Waals surface area contributed by atoms with E-state index >= 15 is 0 Å². The predicted octanol–water partition coefficient (Wildman–Crippen LogP) is 1.85. The molecule has 150 valence electrons. The molecule has 2 amide bonds. The minimum Gasteiger partial charge on any atom is -0.493 e. The van der Waals surface area contributed by atoms with Crippen LogP contribution in [0, 0.1) is 0 Å². The lowest BCUT2D eigenvalue weighted by Crippen LogP contribution is -2.34. The molecule has 2 rings (SSSR count). The number of carbonyl (C=O) groups is 4. The van der Waals surface area contributed by atoms with E-state index in [4.69, 9.17) is 14.2 Å². The normalized spacial score (nSPS) is 15.0.